The summed E-state index contributed by atoms with van der Waals surface area (Å²) in [4.78, 5) is 30.2. The number of thiazole rings is 1. The van der Waals surface area contributed by atoms with Gasteiger partial charge < -0.3 is 24.3 Å². The summed E-state index contributed by atoms with van der Waals surface area (Å²) in [5.41, 5.74) is 2.08. The molecule has 2 amide bonds. The molecule has 0 radical (unpaired) electrons. The van der Waals surface area contributed by atoms with Crippen LogP contribution in [0.1, 0.15) is 27.6 Å². The number of nitrogens with one attached hydrogen (secondary N) is 2. The Bertz CT molecular complexity index is 1450. The summed E-state index contributed by atoms with van der Waals surface area (Å²) in [6.45, 7) is 0.796. The molecule has 1 unspecified atom stereocenters. The number of carbonyl (C=O) groups is 2. The van der Waals surface area contributed by atoms with Crippen molar-refractivity contribution in [1.82, 2.24) is 10.3 Å². The van der Waals surface area contributed by atoms with E-state index in [4.69, 9.17) is 24.2 Å². The monoisotopic (exact) mass is 546 g/mol. The highest BCUT2D eigenvalue weighted by Crippen LogP contribution is 2.36. The highest BCUT2D eigenvalue weighted by Gasteiger charge is 2.25. The molecule has 0 fully saturated rings. The van der Waals surface area contributed by atoms with Crippen molar-refractivity contribution in [2.45, 2.75) is 6.10 Å². The molecule has 200 valence electrons. The summed E-state index contributed by atoms with van der Waals surface area (Å²) in [5.74, 6) is 0.763. The summed E-state index contributed by atoms with van der Waals surface area (Å²) < 4.78 is 22.5. The minimum absolute atomic E-state index is 0.246. The quantitative estimate of drug-likeness (QED) is 0.266. The highest BCUT2D eigenvalue weighted by atomic mass is 32.1. The number of aromatic nitrogens is 1. The molecule has 11 heteroatoms. The minimum Gasteiger partial charge on any atom is -0.493 e. The second kappa shape index (κ2) is 12.7. The Hall–Kier alpha value is -4.66. The Balaban J connectivity index is 1.57. The third kappa shape index (κ3) is 6.62. The molecule has 4 aromatic rings. The average molecular weight is 547 g/mol. The zero-order chi connectivity index (χ0) is 27.8. The van der Waals surface area contributed by atoms with Crippen LogP contribution in [0.25, 0.3) is 10.2 Å². The van der Waals surface area contributed by atoms with E-state index in [1.54, 1.807) is 82.0 Å². The number of amides is 2. The standard InChI is InChI=1S/C28H26N4O6S/c1-35-13-12-30-26(33)19-8-10-20(11-9-19)38-25(18-6-4-17(16-29)5-7-18)27(34)32-28-31-21-14-22(36-2)23(37-3)15-24(21)39-28/h4-11,14-15,25H,12-13H2,1-3H3,(H,30,33)(H,31,32,34). The molecule has 0 bridgehead atoms. The molecule has 2 N–H and O–H groups in total. The number of fused-ring (bicyclic) bond motifs is 1. The minimum atomic E-state index is -1.06. The number of carbonyl (C=O) groups excluding carboxylic acids is 2. The van der Waals surface area contributed by atoms with Gasteiger partial charge in [-0.3, -0.25) is 14.9 Å². The first-order chi connectivity index (χ1) is 18.9. The van der Waals surface area contributed by atoms with Gasteiger partial charge in [-0.15, -0.1) is 0 Å². The second-order valence-corrected chi connectivity index (χ2v) is 9.22. The van der Waals surface area contributed by atoms with Crippen LogP contribution in [0.5, 0.6) is 17.2 Å². The molecule has 0 saturated carbocycles. The van der Waals surface area contributed by atoms with Crippen molar-refractivity contribution in [3.05, 3.63) is 77.4 Å². The van der Waals surface area contributed by atoms with Crippen molar-refractivity contribution < 1.29 is 28.5 Å². The number of benzene rings is 3. The van der Waals surface area contributed by atoms with Gasteiger partial charge >= 0.3 is 0 Å². The molecule has 0 saturated heterocycles. The van der Waals surface area contributed by atoms with E-state index in [2.05, 4.69) is 21.7 Å². The zero-order valence-electron chi connectivity index (χ0n) is 21.5. The van der Waals surface area contributed by atoms with E-state index in [9.17, 15) is 9.59 Å². The van der Waals surface area contributed by atoms with Crippen LogP contribution in [0.15, 0.2) is 60.7 Å². The van der Waals surface area contributed by atoms with Crippen molar-refractivity contribution in [2.24, 2.45) is 0 Å². The fourth-order valence-electron chi connectivity index (χ4n) is 3.67. The third-order valence-corrected chi connectivity index (χ3v) is 6.60. The Morgan fingerprint density at radius 3 is 2.33 bits per heavy atom. The number of anilines is 1. The summed E-state index contributed by atoms with van der Waals surface area (Å²) in [5, 5.41) is 15.1. The molecule has 0 spiro atoms. The van der Waals surface area contributed by atoms with Crippen LogP contribution in [0.2, 0.25) is 0 Å². The van der Waals surface area contributed by atoms with Gasteiger partial charge in [0.1, 0.15) is 5.75 Å². The van der Waals surface area contributed by atoms with E-state index in [1.807, 2.05) is 0 Å². The molecule has 10 nitrogen and oxygen atoms in total. The molecule has 39 heavy (non-hydrogen) atoms. The lowest BCUT2D eigenvalue weighted by Crippen LogP contribution is -2.27. The number of nitrogens with zero attached hydrogens (tertiary/aromatic N) is 2. The molecule has 3 aromatic carbocycles. The molecule has 0 aliphatic heterocycles. The number of hydrogen-bond acceptors (Lipinski definition) is 9. The van der Waals surface area contributed by atoms with Crippen molar-refractivity contribution in [3.63, 3.8) is 0 Å². The van der Waals surface area contributed by atoms with Crippen LogP contribution >= 0.6 is 11.3 Å². The van der Waals surface area contributed by atoms with E-state index < -0.39 is 12.0 Å². The maximum atomic E-state index is 13.5. The van der Waals surface area contributed by atoms with Crippen LogP contribution in [-0.4, -0.2) is 51.3 Å². The average Bonchev–Trinajstić information content (AvgIpc) is 3.36. The highest BCUT2D eigenvalue weighted by molar-refractivity contribution is 7.22. The van der Waals surface area contributed by atoms with E-state index in [0.29, 0.717) is 57.7 Å². The molecule has 1 heterocycles. The Morgan fingerprint density at radius 1 is 1.00 bits per heavy atom. The number of ether oxygens (including phenoxy) is 4. The van der Waals surface area contributed by atoms with E-state index in [1.165, 1.54) is 11.3 Å². The molecule has 4 rings (SSSR count). The van der Waals surface area contributed by atoms with Crippen LogP contribution in [0.4, 0.5) is 5.13 Å². The van der Waals surface area contributed by atoms with E-state index in [0.717, 1.165) is 4.70 Å². The summed E-state index contributed by atoms with van der Waals surface area (Å²) in [7, 11) is 4.65. The SMILES string of the molecule is COCCNC(=O)c1ccc(OC(C(=O)Nc2nc3cc(OC)c(OC)cc3s2)c2ccc(C#N)cc2)cc1. The van der Waals surface area contributed by atoms with Gasteiger partial charge in [0.15, 0.2) is 16.6 Å². The Morgan fingerprint density at radius 2 is 1.69 bits per heavy atom. The Labute approximate surface area is 229 Å². The Kier molecular flexibility index (Phi) is 8.94. The lowest BCUT2D eigenvalue weighted by Gasteiger charge is -2.19. The van der Waals surface area contributed by atoms with Crippen LogP contribution in [-0.2, 0) is 9.53 Å². The largest absolute Gasteiger partial charge is 0.493 e. The first-order valence-corrected chi connectivity index (χ1v) is 12.6. The fourth-order valence-corrected chi connectivity index (χ4v) is 4.55. The molecule has 0 aliphatic carbocycles. The molecule has 1 aromatic heterocycles. The van der Waals surface area contributed by atoms with Gasteiger partial charge in [0.25, 0.3) is 11.8 Å². The van der Waals surface area contributed by atoms with E-state index in [-0.39, 0.29) is 5.91 Å². The third-order valence-electron chi connectivity index (χ3n) is 5.67. The van der Waals surface area contributed by atoms with Crippen molar-refractivity contribution >= 4 is 38.5 Å². The van der Waals surface area contributed by atoms with Gasteiger partial charge in [-0.1, -0.05) is 23.5 Å². The van der Waals surface area contributed by atoms with Gasteiger partial charge in [-0.05, 0) is 36.4 Å². The van der Waals surface area contributed by atoms with Gasteiger partial charge in [0.05, 0.1) is 42.7 Å². The zero-order valence-corrected chi connectivity index (χ0v) is 22.3. The second-order valence-electron chi connectivity index (χ2n) is 8.19. The summed E-state index contributed by atoms with van der Waals surface area (Å²) in [6, 6.07) is 18.6. The van der Waals surface area contributed by atoms with Crippen LogP contribution in [0.3, 0.4) is 0 Å². The smallest absolute Gasteiger partial charge is 0.271 e. The van der Waals surface area contributed by atoms with Crippen molar-refractivity contribution in [1.29, 1.82) is 5.26 Å². The lowest BCUT2D eigenvalue weighted by atomic mass is 10.1. The number of rotatable bonds is 11. The number of methoxy groups -OCH3 is 3. The first-order valence-electron chi connectivity index (χ1n) is 11.8. The van der Waals surface area contributed by atoms with E-state index >= 15 is 0 Å². The molecule has 1 atom stereocenters. The molecule has 0 aliphatic rings. The van der Waals surface area contributed by atoms with Gasteiger partial charge in [-0.25, -0.2) is 4.98 Å². The summed E-state index contributed by atoms with van der Waals surface area (Å²) in [6.07, 6.45) is -1.06. The predicted molar refractivity (Wildman–Crippen MR) is 147 cm³/mol. The lowest BCUT2D eigenvalue weighted by molar-refractivity contribution is -0.123. The van der Waals surface area contributed by atoms with Crippen LogP contribution < -0.4 is 24.8 Å². The first kappa shape index (κ1) is 27.4. The van der Waals surface area contributed by atoms with Crippen LogP contribution in [0, 0.1) is 11.3 Å². The number of hydrogen-bond donors (Lipinski definition) is 2. The molecular formula is C28H26N4O6S. The van der Waals surface area contributed by atoms with Gasteiger partial charge in [0, 0.05) is 36.9 Å². The van der Waals surface area contributed by atoms with Gasteiger partial charge in [0.2, 0.25) is 6.10 Å². The predicted octanol–water partition coefficient (Wildman–Crippen LogP) is 4.32. The fraction of sp³-hybridized carbons (Fsp3) is 0.214. The topological polar surface area (TPSA) is 132 Å². The maximum absolute atomic E-state index is 13.5. The van der Waals surface area contributed by atoms with Crippen molar-refractivity contribution in [2.75, 3.05) is 39.8 Å². The number of nitriles is 1. The van der Waals surface area contributed by atoms with Crippen molar-refractivity contribution in [3.8, 4) is 23.3 Å². The maximum Gasteiger partial charge on any atom is 0.271 e. The summed E-state index contributed by atoms with van der Waals surface area (Å²) >= 11 is 1.28. The van der Waals surface area contributed by atoms with Gasteiger partial charge in [-0.2, -0.15) is 5.26 Å². The molecular weight excluding hydrogens is 520 g/mol. The normalized spacial score (nSPS) is 11.3.